The van der Waals surface area contributed by atoms with E-state index in [4.69, 9.17) is 22.4 Å². The Hall–Kier alpha value is -1.93. The van der Waals surface area contributed by atoms with Crippen molar-refractivity contribution in [1.82, 2.24) is 18.9 Å². The lowest BCUT2D eigenvalue weighted by atomic mass is 9.84. The molecule has 1 unspecified atom stereocenters. The van der Waals surface area contributed by atoms with Gasteiger partial charge in [-0.25, -0.2) is 17.9 Å². The van der Waals surface area contributed by atoms with Gasteiger partial charge in [-0.1, -0.05) is 32.4 Å². The molecule has 2 aromatic rings. The van der Waals surface area contributed by atoms with Gasteiger partial charge in [0.25, 0.3) is 0 Å². The molecular formula is C18H27ClN6O3S. The average molecular weight is 443 g/mol. The first-order chi connectivity index (χ1) is 13.4. The van der Waals surface area contributed by atoms with E-state index >= 15 is 0 Å². The van der Waals surface area contributed by atoms with E-state index in [0.29, 0.717) is 29.1 Å². The second-order valence-corrected chi connectivity index (χ2v) is 10.1. The number of nitrogens with zero attached hydrogens (tertiary/aromatic N) is 5. The van der Waals surface area contributed by atoms with Crippen molar-refractivity contribution in [3.05, 3.63) is 22.5 Å². The van der Waals surface area contributed by atoms with Crippen LogP contribution in [0.2, 0.25) is 5.02 Å². The number of nitriles is 1. The van der Waals surface area contributed by atoms with Crippen molar-refractivity contribution in [2.45, 2.75) is 51.6 Å². The number of β-amino-alcohol motifs (C(OH)–C–C–N with tert-alkyl or cyclic N) is 1. The number of aliphatic hydroxyl groups is 1. The molecule has 3 rings (SSSR count). The highest BCUT2D eigenvalue weighted by Gasteiger charge is 2.30. The molecule has 3 heterocycles. The number of fused-ring (bicyclic) bond motifs is 1. The zero-order valence-corrected chi connectivity index (χ0v) is 18.6. The second kappa shape index (κ2) is 8.83. The fraction of sp³-hybridized carbons (Fsp3) is 0.611. The van der Waals surface area contributed by atoms with Crippen molar-refractivity contribution in [3.63, 3.8) is 0 Å². The van der Waals surface area contributed by atoms with Crippen LogP contribution in [-0.4, -0.2) is 57.9 Å². The lowest BCUT2D eigenvalue weighted by Gasteiger charge is -2.27. The predicted molar refractivity (Wildman–Crippen MR) is 112 cm³/mol. The van der Waals surface area contributed by atoms with Gasteiger partial charge >= 0.3 is 0 Å². The second-order valence-electron chi connectivity index (χ2n) is 7.72. The van der Waals surface area contributed by atoms with Gasteiger partial charge in [-0.15, -0.1) is 5.10 Å². The standard InChI is InChI=1S/C12H14ClN5.C6H13NO3S/c1-4-12(2,3)10-7(5-14)9(13)8-6-16-11(15)17-18(8)10;1-11(9,10)7-4-2-3-6(8)5-7/h6H,4H2,1-3H3,(H2,15,17);6,8H,2-5H2,1H3. The molecule has 1 aliphatic rings. The van der Waals surface area contributed by atoms with Crippen LogP contribution in [0.25, 0.3) is 5.52 Å². The summed E-state index contributed by atoms with van der Waals surface area (Å²) in [5, 5.41) is 23.0. The summed E-state index contributed by atoms with van der Waals surface area (Å²) in [6.07, 6.45) is 4.57. The highest BCUT2D eigenvalue weighted by atomic mass is 35.5. The zero-order valence-electron chi connectivity index (χ0n) is 17.1. The molecule has 1 atom stereocenters. The summed E-state index contributed by atoms with van der Waals surface area (Å²) in [6.45, 7) is 6.96. The third-order valence-corrected chi connectivity index (χ3v) is 6.76. The number of hydrogen-bond acceptors (Lipinski definition) is 7. The van der Waals surface area contributed by atoms with E-state index in [0.717, 1.165) is 18.5 Å². The Morgan fingerprint density at radius 2 is 2.14 bits per heavy atom. The van der Waals surface area contributed by atoms with Gasteiger partial charge in [0.15, 0.2) is 0 Å². The first-order valence-corrected chi connectivity index (χ1v) is 11.5. The molecule has 11 heteroatoms. The van der Waals surface area contributed by atoms with Gasteiger partial charge in [0, 0.05) is 18.5 Å². The van der Waals surface area contributed by atoms with E-state index in [1.807, 2.05) is 13.8 Å². The van der Waals surface area contributed by atoms with Crippen molar-refractivity contribution >= 4 is 33.1 Å². The predicted octanol–water partition coefficient (Wildman–Crippen LogP) is 1.93. The summed E-state index contributed by atoms with van der Waals surface area (Å²) in [4.78, 5) is 3.92. The smallest absolute Gasteiger partial charge is 0.238 e. The van der Waals surface area contributed by atoms with Gasteiger partial charge in [0.2, 0.25) is 16.0 Å². The van der Waals surface area contributed by atoms with Crippen LogP contribution >= 0.6 is 11.6 Å². The van der Waals surface area contributed by atoms with Crippen LogP contribution in [0.3, 0.4) is 0 Å². The summed E-state index contributed by atoms with van der Waals surface area (Å²) < 4.78 is 24.8. The van der Waals surface area contributed by atoms with Gasteiger partial charge in [-0.2, -0.15) is 9.57 Å². The number of rotatable bonds is 3. The Morgan fingerprint density at radius 3 is 2.62 bits per heavy atom. The van der Waals surface area contributed by atoms with E-state index in [1.165, 1.54) is 10.6 Å². The minimum absolute atomic E-state index is 0.159. The normalized spacial score (nSPS) is 18.2. The van der Waals surface area contributed by atoms with Crippen LogP contribution in [0.15, 0.2) is 6.20 Å². The topological polar surface area (TPSA) is 138 Å². The summed E-state index contributed by atoms with van der Waals surface area (Å²) >= 11 is 6.21. The van der Waals surface area contributed by atoms with Crippen molar-refractivity contribution in [2.24, 2.45) is 0 Å². The summed E-state index contributed by atoms with van der Waals surface area (Å²) in [5.74, 6) is 0.159. The molecule has 0 radical (unpaired) electrons. The minimum Gasteiger partial charge on any atom is -0.392 e. The van der Waals surface area contributed by atoms with Crippen molar-refractivity contribution in [2.75, 3.05) is 25.1 Å². The molecule has 160 valence electrons. The van der Waals surface area contributed by atoms with E-state index in [9.17, 15) is 13.7 Å². The lowest BCUT2D eigenvalue weighted by molar-refractivity contribution is 0.108. The monoisotopic (exact) mass is 442 g/mol. The van der Waals surface area contributed by atoms with E-state index in [1.54, 1.807) is 10.7 Å². The molecule has 0 spiro atoms. The lowest BCUT2D eigenvalue weighted by Crippen LogP contribution is -2.41. The van der Waals surface area contributed by atoms with Crippen LogP contribution < -0.4 is 5.73 Å². The molecule has 1 fully saturated rings. The number of piperidine rings is 1. The first-order valence-electron chi connectivity index (χ1n) is 9.28. The van der Waals surface area contributed by atoms with Crippen molar-refractivity contribution in [3.8, 4) is 6.07 Å². The molecule has 3 N–H and O–H groups in total. The quantitative estimate of drug-likeness (QED) is 0.740. The first kappa shape index (κ1) is 23.3. The molecule has 1 saturated heterocycles. The Bertz CT molecular complexity index is 1030. The van der Waals surface area contributed by atoms with Crippen molar-refractivity contribution < 1.29 is 13.5 Å². The molecule has 0 aliphatic carbocycles. The largest absolute Gasteiger partial charge is 0.392 e. The summed E-state index contributed by atoms with van der Waals surface area (Å²) in [6, 6.07) is 2.15. The van der Waals surface area contributed by atoms with Crippen LogP contribution in [0.4, 0.5) is 5.95 Å². The SMILES string of the molecule is CCC(C)(C)c1c(C#N)c(Cl)c2cnc(N)nn12.CS(=O)(=O)N1CCCC(O)C1. The van der Waals surface area contributed by atoms with Crippen LogP contribution in [0, 0.1) is 11.3 Å². The van der Waals surface area contributed by atoms with Crippen LogP contribution in [0.1, 0.15) is 51.3 Å². The number of nitrogens with two attached hydrogens (primary N) is 1. The highest BCUT2D eigenvalue weighted by Crippen LogP contribution is 2.36. The van der Waals surface area contributed by atoms with Gasteiger partial charge in [0.1, 0.15) is 11.6 Å². The molecular weight excluding hydrogens is 416 g/mol. The van der Waals surface area contributed by atoms with E-state index < -0.39 is 16.1 Å². The minimum atomic E-state index is -3.09. The third-order valence-electron chi connectivity index (χ3n) is 5.11. The van der Waals surface area contributed by atoms with Gasteiger partial charge in [-0.3, -0.25) is 0 Å². The Labute approximate surface area is 176 Å². The van der Waals surface area contributed by atoms with E-state index in [2.05, 4.69) is 23.1 Å². The third kappa shape index (κ3) is 5.17. The summed E-state index contributed by atoms with van der Waals surface area (Å²) in [7, 11) is -3.09. The molecule has 0 aromatic carbocycles. The molecule has 0 amide bonds. The van der Waals surface area contributed by atoms with Gasteiger partial charge in [-0.05, 0) is 19.3 Å². The molecule has 2 aromatic heterocycles. The maximum atomic E-state index is 10.9. The van der Waals surface area contributed by atoms with Crippen LogP contribution in [-0.2, 0) is 15.4 Å². The number of hydrogen-bond donors (Lipinski definition) is 2. The molecule has 29 heavy (non-hydrogen) atoms. The fourth-order valence-corrected chi connectivity index (χ4v) is 4.30. The Morgan fingerprint density at radius 1 is 1.48 bits per heavy atom. The number of aromatic nitrogens is 3. The number of aliphatic hydroxyl groups excluding tert-OH is 1. The Balaban J connectivity index is 0.000000234. The summed E-state index contributed by atoms with van der Waals surface area (Å²) in [5.41, 5.74) is 7.23. The average Bonchev–Trinajstić information content (AvgIpc) is 2.93. The fourth-order valence-electron chi connectivity index (χ4n) is 3.14. The van der Waals surface area contributed by atoms with Crippen molar-refractivity contribution in [1.29, 1.82) is 5.26 Å². The molecule has 1 aliphatic heterocycles. The molecule has 0 bridgehead atoms. The number of nitrogen functional groups attached to an aromatic ring is 1. The maximum absolute atomic E-state index is 10.9. The zero-order chi connectivity index (χ0) is 22.0. The maximum Gasteiger partial charge on any atom is 0.238 e. The Kier molecular flexibility index (Phi) is 7.11. The van der Waals surface area contributed by atoms with E-state index in [-0.39, 0.29) is 17.9 Å². The number of sulfonamides is 1. The molecule has 9 nitrogen and oxygen atoms in total. The van der Waals surface area contributed by atoms with Gasteiger partial charge < -0.3 is 10.8 Å². The number of anilines is 1. The number of halogens is 1. The highest BCUT2D eigenvalue weighted by molar-refractivity contribution is 7.88. The van der Waals surface area contributed by atoms with Gasteiger partial charge in [0.05, 0.1) is 34.8 Å². The van der Waals surface area contributed by atoms with Crippen LogP contribution in [0.5, 0.6) is 0 Å². The molecule has 0 saturated carbocycles.